The molecule has 0 amide bonds. The van der Waals surface area contributed by atoms with Crippen molar-refractivity contribution in [3.8, 4) is 0 Å². The van der Waals surface area contributed by atoms with Crippen LogP contribution in [0, 0.1) is 0 Å². The molecule has 0 saturated heterocycles. The Morgan fingerprint density at radius 2 is 1.71 bits per heavy atom. The van der Waals surface area contributed by atoms with Crippen molar-refractivity contribution in [1.82, 2.24) is 0 Å². The fourth-order valence-electron chi connectivity index (χ4n) is 0.543. The third kappa shape index (κ3) is 1.07. The van der Waals surface area contributed by atoms with E-state index >= 15 is 0 Å². The molecule has 0 spiro atoms. The van der Waals surface area contributed by atoms with Crippen molar-refractivity contribution >= 4 is 11.6 Å². The number of hydrogen-bond acceptors (Lipinski definition) is 0. The summed E-state index contributed by atoms with van der Waals surface area (Å²) in [5.41, 5.74) is 0. The van der Waals surface area contributed by atoms with Crippen LogP contribution < -0.4 is 0 Å². The highest BCUT2D eigenvalue weighted by molar-refractivity contribution is 6.26. The highest BCUT2D eigenvalue weighted by Gasteiger charge is 2.13. The zero-order valence-electron chi connectivity index (χ0n) is 4.19. The lowest BCUT2D eigenvalue weighted by Crippen LogP contribution is -2.02. The normalized spacial score (nSPS) is 23.7. The maximum absolute atomic E-state index is 5.79. The maximum Gasteiger partial charge on any atom is 0.0784 e. The van der Waals surface area contributed by atoms with E-state index < -0.39 is 0 Å². The van der Waals surface area contributed by atoms with Crippen molar-refractivity contribution in [3.05, 3.63) is 24.3 Å². The largest absolute Gasteiger partial charge is 0.110 e. The van der Waals surface area contributed by atoms with Crippen LogP contribution in [-0.2, 0) is 0 Å². The summed E-state index contributed by atoms with van der Waals surface area (Å²) in [5, 5.41) is 0. The summed E-state index contributed by atoms with van der Waals surface area (Å²) < 4.78 is 0. The first kappa shape index (κ1) is 4.92. The first-order valence-corrected chi connectivity index (χ1v) is 2.64. The fourth-order valence-corrected chi connectivity index (χ4v) is 0.688. The average molecular weight is 115 g/mol. The lowest BCUT2D eigenvalue weighted by molar-refractivity contribution is 1.01. The maximum atomic E-state index is 5.79. The minimum absolute atomic E-state index is 0.194. The van der Waals surface area contributed by atoms with Crippen LogP contribution in [-0.4, -0.2) is 4.87 Å². The van der Waals surface area contributed by atoms with E-state index in [4.69, 9.17) is 11.6 Å². The van der Waals surface area contributed by atoms with Gasteiger partial charge in [0.25, 0.3) is 0 Å². The molecule has 38 valence electrons. The molecule has 0 saturated carbocycles. The lowest BCUT2D eigenvalue weighted by Gasteiger charge is -2.04. The summed E-state index contributed by atoms with van der Waals surface area (Å²) in [6, 6.07) is 0. The summed E-state index contributed by atoms with van der Waals surface area (Å²) >= 11 is 5.79. The SMILES string of the molecule is CC1(Cl)C=CC=C1. The van der Waals surface area contributed by atoms with Crippen LogP contribution in [0.25, 0.3) is 0 Å². The van der Waals surface area contributed by atoms with Gasteiger partial charge in [-0.15, -0.1) is 11.6 Å². The highest BCUT2D eigenvalue weighted by Crippen LogP contribution is 2.21. The minimum Gasteiger partial charge on any atom is -0.110 e. The van der Waals surface area contributed by atoms with Gasteiger partial charge in [0, 0.05) is 0 Å². The minimum atomic E-state index is -0.194. The van der Waals surface area contributed by atoms with Gasteiger partial charge in [0.1, 0.15) is 0 Å². The van der Waals surface area contributed by atoms with Gasteiger partial charge in [0.05, 0.1) is 4.87 Å². The van der Waals surface area contributed by atoms with Crippen molar-refractivity contribution in [1.29, 1.82) is 0 Å². The lowest BCUT2D eigenvalue weighted by atomic mass is 10.2. The molecule has 0 aliphatic heterocycles. The summed E-state index contributed by atoms with van der Waals surface area (Å²) in [5.74, 6) is 0. The van der Waals surface area contributed by atoms with E-state index in [0.29, 0.717) is 0 Å². The molecular formula is C6H7Cl. The number of alkyl halides is 1. The molecule has 1 rings (SSSR count). The van der Waals surface area contributed by atoms with Crippen LogP contribution in [0.4, 0.5) is 0 Å². The molecule has 0 fully saturated rings. The fraction of sp³-hybridized carbons (Fsp3) is 0.333. The number of allylic oxidation sites excluding steroid dienone is 4. The smallest absolute Gasteiger partial charge is 0.0784 e. The van der Waals surface area contributed by atoms with Crippen LogP contribution in [0.3, 0.4) is 0 Å². The standard InChI is InChI=1S/C6H7Cl/c1-6(7)4-2-3-5-6/h2-5H,1H3. The summed E-state index contributed by atoms with van der Waals surface area (Å²) in [6.45, 7) is 1.95. The van der Waals surface area contributed by atoms with Gasteiger partial charge in [-0.1, -0.05) is 24.3 Å². The molecule has 1 aliphatic rings. The Bertz CT molecular complexity index is 106. The van der Waals surface area contributed by atoms with Gasteiger partial charge in [0.15, 0.2) is 0 Å². The Morgan fingerprint density at radius 1 is 1.29 bits per heavy atom. The van der Waals surface area contributed by atoms with Gasteiger partial charge in [-0.05, 0) is 6.92 Å². The van der Waals surface area contributed by atoms with Crippen molar-refractivity contribution in [3.63, 3.8) is 0 Å². The molecule has 0 radical (unpaired) electrons. The molecule has 0 atom stereocenters. The molecule has 0 aromatic heterocycles. The molecular weight excluding hydrogens is 108 g/mol. The molecule has 1 aliphatic carbocycles. The molecule has 0 aromatic rings. The van der Waals surface area contributed by atoms with E-state index in [-0.39, 0.29) is 4.87 Å². The van der Waals surface area contributed by atoms with Crippen molar-refractivity contribution in [2.45, 2.75) is 11.8 Å². The van der Waals surface area contributed by atoms with Gasteiger partial charge >= 0.3 is 0 Å². The van der Waals surface area contributed by atoms with Gasteiger partial charge in [-0.2, -0.15) is 0 Å². The van der Waals surface area contributed by atoms with Crippen molar-refractivity contribution in [2.75, 3.05) is 0 Å². The monoisotopic (exact) mass is 114 g/mol. The van der Waals surface area contributed by atoms with Crippen LogP contribution in [0.15, 0.2) is 24.3 Å². The Balaban J connectivity index is 2.77. The van der Waals surface area contributed by atoms with Crippen LogP contribution in [0.1, 0.15) is 6.92 Å². The Labute approximate surface area is 48.5 Å². The molecule has 0 bridgehead atoms. The molecule has 7 heavy (non-hydrogen) atoms. The van der Waals surface area contributed by atoms with Crippen LogP contribution >= 0.6 is 11.6 Å². The molecule has 0 N–H and O–H groups in total. The molecule has 0 nitrogen and oxygen atoms in total. The van der Waals surface area contributed by atoms with E-state index in [2.05, 4.69) is 0 Å². The Morgan fingerprint density at radius 3 is 1.86 bits per heavy atom. The topological polar surface area (TPSA) is 0 Å². The Kier molecular flexibility index (Phi) is 0.966. The quantitative estimate of drug-likeness (QED) is 0.423. The number of rotatable bonds is 0. The molecule has 1 heteroatoms. The summed E-state index contributed by atoms with van der Waals surface area (Å²) in [7, 11) is 0. The van der Waals surface area contributed by atoms with E-state index in [1.54, 1.807) is 0 Å². The van der Waals surface area contributed by atoms with Gasteiger partial charge < -0.3 is 0 Å². The van der Waals surface area contributed by atoms with E-state index in [1.165, 1.54) is 0 Å². The zero-order chi connectivity index (χ0) is 5.33. The third-order valence-corrected chi connectivity index (χ3v) is 1.21. The molecule has 0 aromatic carbocycles. The second-order valence-corrected chi connectivity index (χ2v) is 2.68. The average Bonchev–Trinajstić information content (AvgIpc) is 1.84. The van der Waals surface area contributed by atoms with Crippen LogP contribution in [0.2, 0.25) is 0 Å². The molecule has 0 heterocycles. The van der Waals surface area contributed by atoms with Crippen LogP contribution in [0.5, 0.6) is 0 Å². The third-order valence-electron chi connectivity index (χ3n) is 0.955. The van der Waals surface area contributed by atoms with E-state index in [0.717, 1.165) is 0 Å². The van der Waals surface area contributed by atoms with Crippen molar-refractivity contribution < 1.29 is 0 Å². The predicted molar refractivity (Wildman–Crippen MR) is 32.5 cm³/mol. The van der Waals surface area contributed by atoms with Gasteiger partial charge in [-0.3, -0.25) is 0 Å². The Hall–Kier alpha value is -0.230. The van der Waals surface area contributed by atoms with Gasteiger partial charge in [0.2, 0.25) is 0 Å². The molecule has 0 unspecified atom stereocenters. The number of halogens is 1. The van der Waals surface area contributed by atoms with E-state index in [9.17, 15) is 0 Å². The first-order chi connectivity index (χ1) is 3.21. The second-order valence-electron chi connectivity index (χ2n) is 1.87. The zero-order valence-corrected chi connectivity index (χ0v) is 4.94. The van der Waals surface area contributed by atoms with Gasteiger partial charge in [-0.25, -0.2) is 0 Å². The predicted octanol–water partition coefficient (Wildman–Crippen LogP) is 2.11. The summed E-state index contributed by atoms with van der Waals surface area (Å²) in [6.07, 6.45) is 7.81. The first-order valence-electron chi connectivity index (χ1n) is 2.27. The second kappa shape index (κ2) is 1.38. The number of hydrogen-bond donors (Lipinski definition) is 0. The highest BCUT2D eigenvalue weighted by atomic mass is 35.5. The summed E-state index contributed by atoms with van der Waals surface area (Å²) in [4.78, 5) is -0.194. The van der Waals surface area contributed by atoms with E-state index in [1.807, 2.05) is 31.2 Å². The van der Waals surface area contributed by atoms with Crippen molar-refractivity contribution in [2.24, 2.45) is 0 Å².